The Morgan fingerprint density at radius 3 is 1.35 bits per heavy atom. The molecule has 0 amide bonds. The van der Waals surface area contributed by atoms with Gasteiger partial charge in [0, 0.05) is 27.6 Å². The molecular weight excluding hydrogens is 290 g/mol. The Labute approximate surface area is 112 Å². The molecule has 96 valence electrons. The van der Waals surface area contributed by atoms with Gasteiger partial charge in [-0.2, -0.15) is 0 Å². The zero-order chi connectivity index (χ0) is 12.4. The van der Waals surface area contributed by atoms with Crippen LogP contribution in [0.2, 0.25) is 0 Å². The topological polar surface area (TPSA) is 30.5 Å². The van der Waals surface area contributed by atoms with Crippen molar-refractivity contribution in [2.45, 2.75) is 25.7 Å². The molecule has 0 spiro atoms. The standard InChI is InChI=1S/C10H19NO2P4/c14-9(15)7(5-1-2-5)12-11-13-8(10(16)17)6-3-4-6/h5-6,11H,1-4,14-17H2. The van der Waals surface area contributed by atoms with Crippen LogP contribution in [-0.4, -0.2) is 0 Å². The number of allylic oxidation sites excluding steroid dienone is 2. The van der Waals surface area contributed by atoms with Crippen LogP contribution in [0, 0.1) is 11.8 Å². The van der Waals surface area contributed by atoms with Crippen molar-refractivity contribution in [2.24, 2.45) is 11.8 Å². The fourth-order valence-electron chi connectivity index (χ4n) is 1.56. The first-order valence-corrected chi connectivity index (χ1v) is 7.99. The summed E-state index contributed by atoms with van der Waals surface area (Å²) in [4.78, 5) is 11.0. The number of rotatable bonds is 6. The molecule has 0 saturated heterocycles. The quantitative estimate of drug-likeness (QED) is 0.465. The fraction of sp³-hybridized carbons (Fsp3) is 0.600. The largest absolute Gasteiger partial charge is 0.377 e. The van der Waals surface area contributed by atoms with Gasteiger partial charge in [0.25, 0.3) is 0 Å². The molecule has 4 unspecified atom stereocenters. The van der Waals surface area contributed by atoms with Gasteiger partial charge in [0.05, 0.1) is 0 Å². The van der Waals surface area contributed by atoms with E-state index in [4.69, 9.17) is 9.68 Å². The molecule has 0 bridgehead atoms. The van der Waals surface area contributed by atoms with Crippen molar-refractivity contribution in [1.29, 1.82) is 0 Å². The summed E-state index contributed by atoms with van der Waals surface area (Å²) in [6, 6.07) is 0. The van der Waals surface area contributed by atoms with E-state index < -0.39 is 0 Å². The summed E-state index contributed by atoms with van der Waals surface area (Å²) in [6.07, 6.45) is 4.81. The van der Waals surface area contributed by atoms with Crippen LogP contribution in [-0.2, 0) is 9.68 Å². The molecule has 0 heterocycles. The van der Waals surface area contributed by atoms with Gasteiger partial charge in [0.1, 0.15) is 11.5 Å². The highest BCUT2D eigenvalue weighted by Gasteiger charge is 2.31. The molecule has 2 aliphatic rings. The maximum atomic E-state index is 5.50. The van der Waals surface area contributed by atoms with E-state index in [-0.39, 0.29) is 0 Å². The molecule has 0 aromatic rings. The molecule has 2 saturated carbocycles. The lowest BCUT2D eigenvalue weighted by atomic mass is 10.4. The van der Waals surface area contributed by atoms with Gasteiger partial charge in [-0.15, -0.1) is 37.0 Å². The van der Waals surface area contributed by atoms with Crippen LogP contribution in [0.4, 0.5) is 0 Å². The fourth-order valence-corrected chi connectivity index (χ4v) is 2.74. The first kappa shape index (κ1) is 14.2. The minimum absolute atomic E-state index is 0.552. The Hall–Kier alpha value is 0.760. The van der Waals surface area contributed by atoms with Crippen molar-refractivity contribution in [1.82, 2.24) is 5.64 Å². The van der Waals surface area contributed by atoms with Gasteiger partial charge in [0.2, 0.25) is 0 Å². The zero-order valence-electron chi connectivity index (χ0n) is 9.61. The third-order valence-corrected chi connectivity index (χ3v) is 3.91. The van der Waals surface area contributed by atoms with Crippen LogP contribution in [0.1, 0.15) is 25.7 Å². The molecular formula is C10H19NO2P4. The second-order valence-electron chi connectivity index (χ2n) is 4.48. The predicted octanol–water partition coefficient (Wildman–Crippen LogP) is 3.10. The molecule has 0 aromatic carbocycles. The summed E-state index contributed by atoms with van der Waals surface area (Å²) in [6.45, 7) is 0. The van der Waals surface area contributed by atoms with E-state index in [1.54, 1.807) is 0 Å². The lowest BCUT2D eigenvalue weighted by Crippen LogP contribution is -2.17. The third kappa shape index (κ3) is 4.41. The van der Waals surface area contributed by atoms with Gasteiger partial charge in [-0.25, -0.2) is 0 Å². The molecule has 4 atom stereocenters. The minimum Gasteiger partial charge on any atom is -0.377 e. The molecule has 0 aliphatic heterocycles. The Balaban J connectivity index is 1.82. The molecule has 2 aliphatic carbocycles. The van der Waals surface area contributed by atoms with Crippen molar-refractivity contribution in [2.75, 3.05) is 0 Å². The molecule has 7 heteroatoms. The Kier molecular flexibility index (Phi) is 5.23. The van der Waals surface area contributed by atoms with Crippen LogP contribution in [0.5, 0.6) is 0 Å². The Bertz CT molecular complexity index is 319. The van der Waals surface area contributed by atoms with Crippen LogP contribution < -0.4 is 5.64 Å². The van der Waals surface area contributed by atoms with E-state index >= 15 is 0 Å². The van der Waals surface area contributed by atoms with Crippen molar-refractivity contribution >= 4 is 37.0 Å². The molecule has 2 fully saturated rings. The summed E-state index contributed by atoms with van der Waals surface area (Å²) in [5.74, 6) is 3.03. The summed E-state index contributed by atoms with van der Waals surface area (Å²) < 4.78 is 0. The van der Waals surface area contributed by atoms with Crippen LogP contribution in [0.3, 0.4) is 0 Å². The lowest BCUT2D eigenvalue weighted by molar-refractivity contribution is -0.121. The lowest BCUT2D eigenvalue weighted by Gasteiger charge is -2.14. The third-order valence-electron chi connectivity index (χ3n) is 2.77. The van der Waals surface area contributed by atoms with E-state index in [2.05, 4.69) is 42.6 Å². The summed E-state index contributed by atoms with van der Waals surface area (Å²) in [5, 5.41) is 2.11. The molecule has 17 heavy (non-hydrogen) atoms. The average molecular weight is 309 g/mol. The van der Waals surface area contributed by atoms with E-state index in [9.17, 15) is 0 Å². The smallest absolute Gasteiger partial charge is 0.138 e. The van der Waals surface area contributed by atoms with E-state index in [1.165, 1.54) is 25.7 Å². The van der Waals surface area contributed by atoms with Gasteiger partial charge < -0.3 is 9.68 Å². The highest BCUT2D eigenvalue weighted by Crippen LogP contribution is 2.42. The molecule has 2 rings (SSSR count). The minimum atomic E-state index is 0.552. The zero-order valence-corrected chi connectivity index (χ0v) is 14.2. The van der Waals surface area contributed by atoms with Gasteiger partial charge in [-0.1, -0.05) is 0 Å². The van der Waals surface area contributed by atoms with Crippen molar-refractivity contribution < 1.29 is 9.68 Å². The average Bonchev–Trinajstić information content (AvgIpc) is 3.10. The first-order valence-electron chi connectivity index (χ1n) is 5.68. The summed E-state index contributed by atoms with van der Waals surface area (Å²) >= 11 is 0. The van der Waals surface area contributed by atoms with Crippen molar-refractivity contribution in [3.63, 3.8) is 0 Å². The molecule has 1 N–H and O–H groups in total. The highest BCUT2D eigenvalue weighted by atomic mass is 31.1. The Morgan fingerprint density at radius 1 is 0.765 bits per heavy atom. The number of hydrogen-bond donors (Lipinski definition) is 1. The maximum absolute atomic E-state index is 5.50. The van der Waals surface area contributed by atoms with Crippen LogP contribution >= 0.6 is 37.0 Å². The molecule has 0 aromatic heterocycles. The normalized spacial score (nSPS) is 18.6. The van der Waals surface area contributed by atoms with E-state index in [1.807, 2.05) is 0 Å². The second kappa shape index (κ2) is 6.27. The highest BCUT2D eigenvalue weighted by molar-refractivity contribution is 7.45. The monoisotopic (exact) mass is 309 g/mol. The number of nitrogens with one attached hydrogen (secondary N) is 1. The van der Waals surface area contributed by atoms with Gasteiger partial charge in [0.15, 0.2) is 0 Å². The van der Waals surface area contributed by atoms with Crippen molar-refractivity contribution in [3.05, 3.63) is 21.6 Å². The van der Waals surface area contributed by atoms with Crippen LogP contribution in [0.15, 0.2) is 21.6 Å². The SMILES string of the molecule is PC(P)=C(ONOC(=C(P)P)C1CC1)C1CC1. The second-order valence-corrected chi connectivity index (χ2v) is 8.30. The summed E-state index contributed by atoms with van der Waals surface area (Å²) in [7, 11) is 10.6. The molecule has 3 nitrogen and oxygen atoms in total. The van der Waals surface area contributed by atoms with Gasteiger partial charge in [-0.3, -0.25) is 0 Å². The van der Waals surface area contributed by atoms with Gasteiger partial charge >= 0.3 is 0 Å². The van der Waals surface area contributed by atoms with Gasteiger partial charge in [-0.05, 0) is 25.7 Å². The maximum Gasteiger partial charge on any atom is 0.138 e. The van der Waals surface area contributed by atoms with E-state index in [0.29, 0.717) is 11.8 Å². The first-order chi connectivity index (χ1) is 8.09. The number of hydrogen-bond acceptors (Lipinski definition) is 3. The van der Waals surface area contributed by atoms with E-state index in [0.717, 1.165) is 21.6 Å². The molecule has 0 radical (unpaired) electrons. The Morgan fingerprint density at radius 2 is 1.12 bits per heavy atom. The van der Waals surface area contributed by atoms with Crippen LogP contribution in [0.25, 0.3) is 0 Å². The predicted molar refractivity (Wildman–Crippen MR) is 83.6 cm³/mol. The van der Waals surface area contributed by atoms with Crippen molar-refractivity contribution in [3.8, 4) is 0 Å². The summed E-state index contributed by atoms with van der Waals surface area (Å²) in [5.41, 5.74) is 2.62.